The van der Waals surface area contributed by atoms with Crippen molar-refractivity contribution in [2.75, 3.05) is 19.8 Å². The van der Waals surface area contributed by atoms with Crippen LogP contribution in [0.15, 0.2) is 0 Å². The van der Waals surface area contributed by atoms with Crippen LogP contribution in [-0.4, -0.2) is 59.6 Å². The average molecular weight is 234 g/mol. The summed E-state index contributed by atoms with van der Waals surface area (Å²) in [5, 5.41) is 28.4. The minimum absolute atomic E-state index is 0.0682. The molecule has 3 unspecified atom stereocenters. The Hall–Kier alpha value is -0.200. The monoisotopic (exact) mass is 234 g/mol. The zero-order valence-electron chi connectivity index (χ0n) is 9.71. The van der Waals surface area contributed by atoms with E-state index in [1.54, 1.807) is 0 Å². The minimum Gasteiger partial charge on any atom is -0.388 e. The fourth-order valence-electron chi connectivity index (χ4n) is 1.72. The molecule has 5 heteroatoms. The molecule has 4 atom stereocenters. The molecular weight excluding hydrogens is 212 g/mol. The average Bonchev–Trinajstić information content (AvgIpc) is 2.59. The number of unbranched alkanes of at least 4 members (excludes halogenated alkanes) is 2. The van der Waals surface area contributed by atoms with Crippen LogP contribution in [0.4, 0.5) is 0 Å². The normalized spacial score (nSPS) is 31.9. The second kappa shape index (κ2) is 7.19. The molecule has 0 aromatic carbocycles. The number of aliphatic hydroxyl groups excluding tert-OH is 3. The molecule has 1 fully saturated rings. The maximum atomic E-state index is 9.67. The Morgan fingerprint density at radius 2 is 2.12 bits per heavy atom. The highest BCUT2D eigenvalue weighted by atomic mass is 16.5. The Labute approximate surface area is 96.0 Å². The van der Waals surface area contributed by atoms with E-state index in [4.69, 9.17) is 9.47 Å². The third-order valence-electron chi connectivity index (χ3n) is 2.75. The molecule has 1 saturated heterocycles. The van der Waals surface area contributed by atoms with Gasteiger partial charge in [-0.05, 0) is 6.42 Å². The van der Waals surface area contributed by atoms with Gasteiger partial charge in [0.15, 0.2) is 0 Å². The summed E-state index contributed by atoms with van der Waals surface area (Å²) in [6, 6.07) is 0. The molecule has 0 saturated carbocycles. The van der Waals surface area contributed by atoms with E-state index in [2.05, 4.69) is 6.92 Å². The molecule has 0 amide bonds. The van der Waals surface area contributed by atoms with Gasteiger partial charge in [0, 0.05) is 6.61 Å². The summed E-state index contributed by atoms with van der Waals surface area (Å²) in [5.74, 6) is 0. The van der Waals surface area contributed by atoms with Crippen molar-refractivity contribution in [3.8, 4) is 0 Å². The lowest BCUT2D eigenvalue weighted by atomic mass is 10.1. The predicted molar refractivity (Wildman–Crippen MR) is 58.1 cm³/mol. The topological polar surface area (TPSA) is 79.2 Å². The SMILES string of the molecule is CCCCCOCC(O)C1OC[C@@H](O)C1O. The lowest BCUT2D eigenvalue weighted by molar-refractivity contribution is -0.0813. The third kappa shape index (κ3) is 3.99. The van der Waals surface area contributed by atoms with Crippen LogP contribution in [0.25, 0.3) is 0 Å². The van der Waals surface area contributed by atoms with Gasteiger partial charge in [-0.15, -0.1) is 0 Å². The molecule has 1 aliphatic heterocycles. The first kappa shape index (κ1) is 13.9. The molecule has 1 aliphatic rings. The van der Waals surface area contributed by atoms with E-state index in [1.165, 1.54) is 0 Å². The summed E-state index contributed by atoms with van der Waals surface area (Å²) in [6.45, 7) is 2.92. The van der Waals surface area contributed by atoms with E-state index < -0.39 is 24.4 Å². The Balaban J connectivity index is 2.12. The van der Waals surface area contributed by atoms with E-state index in [9.17, 15) is 15.3 Å². The molecule has 0 bridgehead atoms. The Bertz CT molecular complexity index is 187. The maximum absolute atomic E-state index is 9.67. The molecule has 0 aliphatic carbocycles. The van der Waals surface area contributed by atoms with Crippen LogP contribution in [0.1, 0.15) is 26.2 Å². The summed E-state index contributed by atoms with van der Waals surface area (Å²) in [5.41, 5.74) is 0. The van der Waals surface area contributed by atoms with Crippen molar-refractivity contribution >= 4 is 0 Å². The summed E-state index contributed by atoms with van der Waals surface area (Å²) in [6.07, 6.45) is -0.330. The first-order valence-corrected chi connectivity index (χ1v) is 5.90. The Kier molecular flexibility index (Phi) is 6.23. The van der Waals surface area contributed by atoms with Crippen molar-refractivity contribution in [1.82, 2.24) is 0 Å². The minimum atomic E-state index is -1.02. The van der Waals surface area contributed by atoms with Gasteiger partial charge in [-0.2, -0.15) is 0 Å². The van der Waals surface area contributed by atoms with E-state index in [-0.39, 0.29) is 13.2 Å². The van der Waals surface area contributed by atoms with E-state index in [1.807, 2.05) is 0 Å². The van der Waals surface area contributed by atoms with Crippen LogP contribution >= 0.6 is 0 Å². The molecule has 0 spiro atoms. The van der Waals surface area contributed by atoms with Crippen LogP contribution in [0.2, 0.25) is 0 Å². The lowest BCUT2D eigenvalue weighted by Gasteiger charge is -2.20. The second-order valence-electron chi connectivity index (χ2n) is 4.21. The van der Waals surface area contributed by atoms with Crippen LogP contribution in [-0.2, 0) is 9.47 Å². The molecular formula is C11H22O5. The van der Waals surface area contributed by atoms with Crippen molar-refractivity contribution in [1.29, 1.82) is 0 Å². The summed E-state index contributed by atoms with van der Waals surface area (Å²) in [7, 11) is 0. The number of ether oxygens (including phenoxy) is 2. The van der Waals surface area contributed by atoms with Gasteiger partial charge in [0.1, 0.15) is 24.4 Å². The van der Waals surface area contributed by atoms with Gasteiger partial charge in [-0.25, -0.2) is 0 Å². The van der Waals surface area contributed by atoms with Gasteiger partial charge < -0.3 is 24.8 Å². The Morgan fingerprint density at radius 1 is 1.38 bits per heavy atom. The van der Waals surface area contributed by atoms with Crippen molar-refractivity contribution in [2.24, 2.45) is 0 Å². The highest BCUT2D eigenvalue weighted by Gasteiger charge is 2.39. The number of hydrogen-bond acceptors (Lipinski definition) is 5. The predicted octanol–water partition coefficient (Wildman–Crippen LogP) is -0.325. The van der Waals surface area contributed by atoms with Crippen molar-refractivity contribution in [3.63, 3.8) is 0 Å². The van der Waals surface area contributed by atoms with Gasteiger partial charge in [-0.3, -0.25) is 0 Å². The fourth-order valence-corrected chi connectivity index (χ4v) is 1.72. The standard InChI is InChI=1S/C11H22O5/c1-2-3-4-5-15-6-9(13)11-10(14)8(12)7-16-11/h8-14H,2-7H2,1H3/t8-,9?,10?,11?/m1/s1. The van der Waals surface area contributed by atoms with E-state index >= 15 is 0 Å². The summed E-state index contributed by atoms with van der Waals surface area (Å²) < 4.78 is 10.4. The highest BCUT2D eigenvalue weighted by molar-refractivity contribution is 4.87. The lowest BCUT2D eigenvalue weighted by Crippen LogP contribution is -2.40. The summed E-state index contributed by atoms with van der Waals surface area (Å²) >= 11 is 0. The second-order valence-corrected chi connectivity index (χ2v) is 4.21. The fraction of sp³-hybridized carbons (Fsp3) is 1.00. The smallest absolute Gasteiger partial charge is 0.114 e. The molecule has 96 valence electrons. The maximum Gasteiger partial charge on any atom is 0.114 e. The first-order chi connectivity index (χ1) is 7.66. The van der Waals surface area contributed by atoms with Crippen LogP contribution < -0.4 is 0 Å². The number of rotatable bonds is 7. The van der Waals surface area contributed by atoms with Crippen molar-refractivity contribution in [3.05, 3.63) is 0 Å². The molecule has 0 aromatic rings. The van der Waals surface area contributed by atoms with Gasteiger partial charge in [0.25, 0.3) is 0 Å². The quantitative estimate of drug-likeness (QED) is 0.526. The zero-order valence-corrected chi connectivity index (χ0v) is 9.71. The summed E-state index contributed by atoms with van der Waals surface area (Å²) in [4.78, 5) is 0. The van der Waals surface area contributed by atoms with Gasteiger partial charge >= 0.3 is 0 Å². The molecule has 5 nitrogen and oxygen atoms in total. The third-order valence-corrected chi connectivity index (χ3v) is 2.75. The largest absolute Gasteiger partial charge is 0.388 e. The van der Waals surface area contributed by atoms with Gasteiger partial charge in [0.05, 0.1) is 13.2 Å². The van der Waals surface area contributed by atoms with Crippen LogP contribution in [0.3, 0.4) is 0 Å². The Morgan fingerprint density at radius 3 is 2.69 bits per heavy atom. The molecule has 0 aromatic heterocycles. The molecule has 1 rings (SSSR count). The van der Waals surface area contributed by atoms with Crippen molar-refractivity contribution in [2.45, 2.75) is 50.6 Å². The highest BCUT2D eigenvalue weighted by Crippen LogP contribution is 2.17. The van der Waals surface area contributed by atoms with Crippen LogP contribution in [0.5, 0.6) is 0 Å². The number of aliphatic hydroxyl groups is 3. The zero-order chi connectivity index (χ0) is 12.0. The first-order valence-electron chi connectivity index (χ1n) is 5.90. The van der Waals surface area contributed by atoms with E-state index in [0.29, 0.717) is 6.61 Å². The van der Waals surface area contributed by atoms with Gasteiger partial charge in [-0.1, -0.05) is 19.8 Å². The number of hydrogen-bond donors (Lipinski definition) is 3. The molecule has 1 heterocycles. The molecule has 3 N–H and O–H groups in total. The molecule has 16 heavy (non-hydrogen) atoms. The molecule has 0 radical (unpaired) electrons. The van der Waals surface area contributed by atoms with Crippen molar-refractivity contribution < 1.29 is 24.8 Å². The van der Waals surface area contributed by atoms with Crippen LogP contribution in [0, 0.1) is 0 Å². The van der Waals surface area contributed by atoms with Gasteiger partial charge in [0.2, 0.25) is 0 Å². The van der Waals surface area contributed by atoms with E-state index in [0.717, 1.165) is 19.3 Å².